The lowest BCUT2D eigenvalue weighted by atomic mass is 9.93. The van der Waals surface area contributed by atoms with Crippen LogP contribution in [0.15, 0.2) is 17.6 Å². The first-order chi connectivity index (χ1) is 7.97. The molecule has 2 heterocycles. The van der Waals surface area contributed by atoms with E-state index >= 15 is 0 Å². The summed E-state index contributed by atoms with van der Waals surface area (Å²) in [5.74, 6) is 0. The molecule has 0 spiro atoms. The number of hydrogen-bond donors (Lipinski definition) is 0. The smallest absolute Gasteiger partial charge is 0.116 e. The summed E-state index contributed by atoms with van der Waals surface area (Å²) < 4.78 is 1.84. The van der Waals surface area contributed by atoms with Crippen molar-refractivity contribution in [3.63, 3.8) is 0 Å². The van der Waals surface area contributed by atoms with Crippen LogP contribution < -0.4 is 0 Å². The Bertz CT molecular complexity index is 529. The van der Waals surface area contributed by atoms with E-state index in [9.17, 15) is 0 Å². The molecule has 0 radical (unpaired) electrons. The molecule has 2 aromatic heterocycles. The van der Waals surface area contributed by atoms with Crippen molar-refractivity contribution in [1.82, 2.24) is 14.8 Å². The number of rotatable bonds is 2. The second-order valence-electron chi connectivity index (χ2n) is 5.03. The molecule has 0 aliphatic carbocycles. The average molecular weight is 247 g/mol. The molecule has 0 saturated heterocycles. The van der Waals surface area contributed by atoms with Gasteiger partial charge in [-0.3, -0.25) is 4.68 Å². The van der Waals surface area contributed by atoms with Crippen LogP contribution >= 0.6 is 11.3 Å². The lowest BCUT2D eigenvalue weighted by Gasteiger charge is -2.13. The van der Waals surface area contributed by atoms with Gasteiger partial charge in [0.1, 0.15) is 5.01 Å². The summed E-state index contributed by atoms with van der Waals surface area (Å²) in [6, 6.07) is 1.98. The van der Waals surface area contributed by atoms with Crippen molar-refractivity contribution in [1.29, 1.82) is 0 Å². The first-order valence-electron chi connectivity index (χ1n) is 5.59. The fourth-order valence-electron chi connectivity index (χ4n) is 1.41. The summed E-state index contributed by atoms with van der Waals surface area (Å²) in [4.78, 5) is 4.61. The zero-order chi connectivity index (χ0) is 12.5. The molecule has 0 N–H and O–H groups in total. The molecule has 0 aliphatic heterocycles. The van der Waals surface area contributed by atoms with Crippen molar-refractivity contribution in [2.45, 2.75) is 26.2 Å². The molecule has 0 amide bonds. The van der Waals surface area contributed by atoms with Gasteiger partial charge >= 0.3 is 0 Å². The summed E-state index contributed by atoms with van der Waals surface area (Å²) in [5.41, 5.74) is 2.35. The van der Waals surface area contributed by atoms with Gasteiger partial charge < -0.3 is 0 Å². The Hall–Kier alpha value is -1.42. The third-order valence-electron chi connectivity index (χ3n) is 2.55. The molecule has 0 fully saturated rings. The van der Waals surface area contributed by atoms with Gasteiger partial charge in [-0.1, -0.05) is 20.8 Å². The minimum atomic E-state index is 0.120. The predicted octanol–water partition coefficient (Wildman–Crippen LogP) is 3.34. The maximum atomic E-state index is 4.61. The molecule has 0 aromatic carbocycles. The Morgan fingerprint density at radius 1 is 1.29 bits per heavy atom. The lowest BCUT2D eigenvalue weighted by Crippen LogP contribution is -2.11. The largest absolute Gasteiger partial charge is 0.269 e. The van der Waals surface area contributed by atoms with Gasteiger partial charge in [-0.15, -0.1) is 11.3 Å². The van der Waals surface area contributed by atoms with Crippen molar-refractivity contribution in [3.05, 3.63) is 34.0 Å². The molecule has 0 bridgehead atoms. The normalized spacial score (nSPS) is 12.5. The van der Waals surface area contributed by atoms with E-state index in [0.717, 1.165) is 16.4 Å². The number of nitrogens with zero attached hydrogens (tertiary/aromatic N) is 3. The van der Waals surface area contributed by atoms with Gasteiger partial charge in [0.2, 0.25) is 0 Å². The minimum absolute atomic E-state index is 0.120. The second-order valence-corrected chi connectivity index (χ2v) is 5.92. The zero-order valence-electron chi connectivity index (χ0n) is 10.6. The van der Waals surface area contributed by atoms with E-state index in [2.05, 4.69) is 36.2 Å². The van der Waals surface area contributed by atoms with E-state index in [1.165, 1.54) is 0 Å². The lowest BCUT2D eigenvalue weighted by molar-refractivity contribution is 0.573. The summed E-state index contributed by atoms with van der Waals surface area (Å²) in [5, 5.41) is 7.29. The molecule has 2 aromatic rings. The van der Waals surface area contributed by atoms with Gasteiger partial charge in [0.15, 0.2) is 0 Å². The van der Waals surface area contributed by atoms with Gasteiger partial charge in [-0.2, -0.15) is 5.10 Å². The van der Waals surface area contributed by atoms with E-state index in [1.54, 1.807) is 17.5 Å². The standard InChI is InChI=1S/C13H17N3S/c1-13(2,3)11-9-17-12(15-11)6-5-10-7-8-14-16(10)4/h5-9H,1-4H3. The van der Waals surface area contributed by atoms with Crippen LogP contribution in [0.3, 0.4) is 0 Å². The Morgan fingerprint density at radius 3 is 2.59 bits per heavy atom. The molecular formula is C13H17N3S. The van der Waals surface area contributed by atoms with Crippen LogP contribution in [0.25, 0.3) is 12.2 Å². The Balaban J connectivity index is 2.18. The highest BCUT2D eigenvalue weighted by Gasteiger charge is 2.16. The summed E-state index contributed by atoms with van der Waals surface area (Å²) in [6.07, 6.45) is 5.87. The quantitative estimate of drug-likeness (QED) is 0.815. The van der Waals surface area contributed by atoms with E-state index in [1.807, 2.05) is 29.9 Å². The number of aromatic nitrogens is 3. The monoisotopic (exact) mass is 247 g/mol. The van der Waals surface area contributed by atoms with Crippen molar-refractivity contribution >= 4 is 23.5 Å². The van der Waals surface area contributed by atoms with Crippen LogP contribution in [-0.2, 0) is 12.5 Å². The van der Waals surface area contributed by atoms with Crippen LogP contribution in [0, 0.1) is 0 Å². The molecule has 4 heteroatoms. The predicted molar refractivity (Wildman–Crippen MR) is 73.0 cm³/mol. The highest BCUT2D eigenvalue weighted by molar-refractivity contribution is 7.10. The first-order valence-corrected chi connectivity index (χ1v) is 6.47. The van der Waals surface area contributed by atoms with Crippen LogP contribution in [-0.4, -0.2) is 14.8 Å². The van der Waals surface area contributed by atoms with Gasteiger partial charge in [0.05, 0.1) is 11.4 Å². The van der Waals surface area contributed by atoms with Crippen LogP contribution in [0.1, 0.15) is 37.2 Å². The van der Waals surface area contributed by atoms with Crippen LogP contribution in [0.5, 0.6) is 0 Å². The zero-order valence-corrected chi connectivity index (χ0v) is 11.5. The summed E-state index contributed by atoms with van der Waals surface area (Å²) >= 11 is 1.68. The van der Waals surface area contributed by atoms with Crippen LogP contribution in [0.4, 0.5) is 0 Å². The fraction of sp³-hybridized carbons (Fsp3) is 0.385. The summed E-state index contributed by atoms with van der Waals surface area (Å²) in [6.45, 7) is 6.53. The molecule has 17 heavy (non-hydrogen) atoms. The number of hydrogen-bond acceptors (Lipinski definition) is 3. The highest BCUT2D eigenvalue weighted by atomic mass is 32.1. The van der Waals surface area contributed by atoms with E-state index < -0.39 is 0 Å². The van der Waals surface area contributed by atoms with Gasteiger partial charge in [-0.25, -0.2) is 4.98 Å². The molecule has 90 valence electrons. The topological polar surface area (TPSA) is 30.7 Å². The Labute approximate surface area is 106 Å². The van der Waals surface area contributed by atoms with Gasteiger partial charge in [0.25, 0.3) is 0 Å². The number of aryl methyl sites for hydroxylation is 1. The van der Waals surface area contributed by atoms with Crippen LogP contribution in [0.2, 0.25) is 0 Å². The number of thiazole rings is 1. The maximum absolute atomic E-state index is 4.61. The minimum Gasteiger partial charge on any atom is -0.269 e. The fourth-order valence-corrected chi connectivity index (χ4v) is 2.35. The molecule has 0 atom stereocenters. The maximum Gasteiger partial charge on any atom is 0.116 e. The van der Waals surface area contributed by atoms with E-state index in [4.69, 9.17) is 0 Å². The molecule has 0 unspecified atom stereocenters. The van der Waals surface area contributed by atoms with Gasteiger partial charge in [-0.05, 0) is 18.2 Å². The first kappa shape index (κ1) is 12.0. The van der Waals surface area contributed by atoms with Crippen molar-refractivity contribution in [3.8, 4) is 0 Å². The Morgan fingerprint density at radius 2 is 2.06 bits per heavy atom. The van der Waals surface area contributed by atoms with Gasteiger partial charge in [0, 0.05) is 24.0 Å². The Kier molecular flexibility index (Phi) is 3.15. The molecule has 0 aliphatic rings. The molecule has 2 rings (SSSR count). The molecular weight excluding hydrogens is 230 g/mol. The van der Waals surface area contributed by atoms with Crippen molar-refractivity contribution < 1.29 is 0 Å². The van der Waals surface area contributed by atoms with E-state index in [0.29, 0.717) is 0 Å². The third kappa shape index (κ3) is 2.82. The second kappa shape index (κ2) is 4.45. The third-order valence-corrected chi connectivity index (χ3v) is 3.36. The summed E-state index contributed by atoms with van der Waals surface area (Å²) in [7, 11) is 1.93. The SMILES string of the molecule is Cn1nccc1C=Cc1nc(C(C)(C)C)cs1. The van der Waals surface area contributed by atoms with Crippen molar-refractivity contribution in [2.75, 3.05) is 0 Å². The van der Waals surface area contributed by atoms with Crippen molar-refractivity contribution in [2.24, 2.45) is 7.05 Å². The highest BCUT2D eigenvalue weighted by Crippen LogP contribution is 2.24. The average Bonchev–Trinajstić information content (AvgIpc) is 2.82. The molecule has 0 saturated carbocycles. The molecule has 3 nitrogen and oxygen atoms in total. The van der Waals surface area contributed by atoms with E-state index in [-0.39, 0.29) is 5.41 Å².